The normalized spacial score (nSPS) is 10.9. The van der Waals surface area contributed by atoms with E-state index in [0.717, 1.165) is 22.6 Å². The fourth-order valence-corrected chi connectivity index (χ4v) is 3.45. The van der Waals surface area contributed by atoms with Crippen molar-refractivity contribution in [1.82, 2.24) is 15.1 Å². The van der Waals surface area contributed by atoms with Gasteiger partial charge in [-0.2, -0.15) is 5.10 Å². The van der Waals surface area contributed by atoms with Crippen molar-refractivity contribution in [3.63, 3.8) is 0 Å². The van der Waals surface area contributed by atoms with Gasteiger partial charge in [0.25, 0.3) is 0 Å². The Morgan fingerprint density at radius 3 is 2.32 bits per heavy atom. The average Bonchev–Trinajstić information content (AvgIpc) is 3.46. The molecule has 0 fully saturated rings. The molecule has 0 aliphatic rings. The second kappa shape index (κ2) is 10.4. The molecule has 4 aromatic rings. The van der Waals surface area contributed by atoms with Crippen LogP contribution in [0, 0.1) is 13.8 Å². The van der Waals surface area contributed by atoms with Gasteiger partial charge in [-0.15, -0.1) is 0 Å². The summed E-state index contributed by atoms with van der Waals surface area (Å²) in [5.41, 5.74) is 4.88. The van der Waals surface area contributed by atoms with E-state index in [9.17, 15) is 9.59 Å². The Bertz CT molecular complexity index is 1290. The molecule has 0 aliphatic carbocycles. The highest BCUT2D eigenvalue weighted by Crippen LogP contribution is 2.19. The van der Waals surface area contributed by atoms with Crippen LogP contribution in [0.25, 0.3) is 11.8 Å². The van der Waals surface area contributed by atoms with Gasteiger partial charge < -0.3 is 20.4 Å². The summed E-state index contributed by atoms with van der Waals surface area (Å²) in [6.45, 7) is 4.18. The number of aryl methyl sites for hydroxylation is 1. The van der Waals surface area contributed by atoms with Gasteiger partial charge in [-0.3, -0.25) is 4.79 Å². The van der Waals surface area contributed by atoms with Gasteiger partial charge in [0.05, 0.1) is 24.2 Å². The van der Waals surface area contributed by atoms with Crippen LogP contribution in [0.2, 0.25) is 0 Å². The largest absolute Gasteiger partial charge is 0.467 e. The Kier molecular flexibility index (Phi) is 6.88. The van der Waals surface area contributed by atoms with Gasteiger partial charge in [0, 0.05) is 28.7 Å². The number of carbonyl (C=O) groups excluding carboxylic acids is 2. The van der Waals surface area contributed by atoms with Gasteiger partial charge in [0.15, 0.2) is 0 Å². The first-order chi connectivity index (χ1) is 16.5. The van der Waals surface area contributed by atoms with Crippen LogP contribution in [-0.4, -0.2) is 21.7 Å². The molecule has 0 atom stereocenters. The van der Waals surface area contributed by atoms with Crippen molar-refractivity contribution in [3.05, 3.63) is 102 Å². The molecular weight excluding hydrogens is 430 g/mol. The van der Waals surface area contributed by atoms with Crippen LogP contribution in [0.4, 0.5) is 16.2 Å². The molecule has 34 heavy (non-hydrogen) atoms. The Balaban J connectivity index is 1.32. The van der Waals surface area contributed by atoms with Crippen molar-refractivity contribution >= 4 is 29.4 Å². The van der Waals surface area contributed by atoms with Crippen molar-refractivity contribution in [2.75, 3.05) is 10.6 Å². The molecule has 0 unspecified atom stereocenters. The summed E-state index contributed by atoms with van der Waals surface area (Å²) in [5.74, 6) is 0.405. The number of benzene rings is 2. The Labute approximate surface area is 197 Å². The van der Waals surface area contributed by atoms with Gasteiger partial charge in [0.2, 0.25) is 5.91 Å². The molecule has 0 spiro atoms. The molecule has 0 aliphatic heterocycles. The minimum absolute atomic E-state index is 0.261. The lowest BCUT2D eigenvalue weighted by Gasteiger charge is -2.08. The van der Waals surface area contributed by atoms with Crippen LogP contribution >= 0.6 is 0 Å². The van der Waals surface area contributed by atoms with Crippen molar-refractivity contribution in [2.24, 2.45) is 0 Å². The van der Waals surface area contributed by atoms with Crippen LogP contribution in [-0.2, 0) is 11.3 Å². The number of urea groups is 1. The Morgan fingerprint density at radius 1 is 0.941 bits per heavy atom. The molecule has 3 amide bonds. The van der Waals surface area contributed by atoms with Gasteiger partial charge in [-0.25, -0.2) is 9.48 Å². The number of rotatable bonds is 7. The van der Waals surface area contributed by atoms with E-state index in [2.05, 4.69) is 21.0 Å². The van der Waals surface area contributed by atoms with E-state index in [1.807, 2.05) is 48.9 Å². The summed E-state index contributed by atoms with van der Waals surface area (Å²) in [5, 5.41) is 12.8. The zero-order valence-corrected chi connectivity index (χ0v) is 18.9. The molecule has 2 aromatic heterocycles. The van der Waals surface area contributed by atoms with E-state index in [1.165, 1.54) is 6.08 Å². The third-order valence-electron chi connectivity index (χ3n) is 5.16. The third-order valence-corrected chi connectivity index (χ3v) is 5.16. The Morgan fingerprint density at radius 2 is 1.65 bits per heavy atom. The van der Waals surface area contributed by atoms with Crippen LogP contribution < -0.4 is 16.0 Å². The standard InChI is InChI=1S/C26H25N5O3/c1-18-24(19(2)31(30-18)22-7-4-3-5-8-22)14-15-25(32)28-20-10-12-21(13-11-20)29-26(33)27-17-23-9-6-16-34-23/h3-16H,17H2,1-2H3,(H,28,32)(H2,27,29,33)/b15-14+. The molecule has 8 nitrogen and oxygen atoms in total. The number of furan rings is 1. The number of amides is 3. The predicted molar refractivity (Wildman–Crippen MR) is 132 cm³/mol. The molecule has 2 aromatic carbocycles. The smallest absolute Gasteiger partial charge is 0.319 e. The van der Waals surface area contributed by atoms with E-state index in [-0.39, 0.29) is 11.9 Å². The van der Waals surface area contributed by atoms with Crippen molar-refractivity contribution in [3.8, 4) is 5.69 Å². The monoisotopic (exact) mass is 455 g/mol. The predicted octanol–water partition coefficient (Wildman–Crippen LogP) is 5.06. The van der Waals surface area contributed by atoms with E-state index in [0.29, 0.717) is 23.7 Å². The first-order valence-corrected chi connectivity index (χ1v) is 10.8. The third kappa shape index (κ3) is 5.60. The molecule has 8 heteroatoms. The molecule has 2 heterocycles. The van der Waals surface area contributed by atoms with Crippen molar-refractivity contribution < 1.29 is 14.0 Å². The van der Waals surface area contributed by atoms with Gasteiger partial charge in [-0.05, 0) is 68.5 Å². The highest BCUT2D eigenvalue weighted by molar-refractivity contribution is 6.02. The maximum absolute atomic E-state index is 12.4. The number of nitrogens with one attached hydrogen (secondary N) is 3. The topological polar surface area (TPSA) is 101 Å². The maximum atomic E-state index is 12.4. The van der Waals surface area contributed by atoms with Crippen LogP contribution in [0.15, 0.2) is 83.5 Å². The number of hydrogen-bond donors (Lipinski definition) is 3. The number of anilines is 2. The second-order valence-corrected chi connectivity index (χ2v) is 7.62. The van der Waals surface area contributed by atoms with Crippen molar-refractivity contribution in [2.45, 2.75) is 20.4 Å². The number of aromatic nitrogens is 2. The SMILES string of the molecule is Cc1nn(-c2ccccc2)c(C)c1/C=C/C(=O)Nc1ccc(NC(=O)NCc2ccco2)cc1. The van der Waals surface area contributed by atoms with Crippen LogP contribution in [0.3, 0.4) is 0 Å². The van der Waals surface area contributed by atoms with Crippen LogP contribution in [0.5, 0.6) is 0 Å². The molecule has 0 bridgehead atoms. The summed E-state index contributed by atoms with van der Waals surface area (Å²) in [6, 6.07) is 19.9. The summed E-state index contributed by atoms with van der Waals surface area (Å²) in [7, 11) is 0. The molecule has 172 valence electrons. The lowest BCUT2D eigenvalue weighted by atomic mass is 10.2. The van der Waals surface area contributed by atoms with Crippen LogP contribution in [0.1, 0.15) is 22.7 Å². The number of hydrogen-bond acceptors (Lipinski definition) is 4. The highest BCUT2D eigenvalue weighted by atomic mass is 16.3. The highest BCUT2D eigenvalue weighted by Gasteiger charge is 2.11. The van der Waals surface area contributed by atoms with E-state index in [4.69, 9.17) is 4.42 Å². The molecule has 0 saturated carbocycles. The molecule has 3 N–H and O–H groups in total. The van der Waals surface area contributed by atoms with Gasteiger partial charge >= 0.3 is 6.03 Å². The Hall–Kier alpha value is -4.59. The fraction of sp³-hybridized carbons (Fsp3) is 0.115. The number of para-hydroxylation sites is 1. The average molecular weight is 456 g/mol. The van der Waals surface area contributed by atoms with Gasteiger partial charge in [0.1, 0.15) is 5.76 Å². The quantitative estimate of drug-likeness (QED) is 0.339. The fourth-order valence-electron chi connectivity index (χ4n) is 3.45. The lowest BCUT2D eigenvalue weighted by molar-refractivity contribution is -0.111. The van der Waals surface area contributed by atoms with Gasteiger partial charge in [-0.1, -0.05) is 18.2 Å². The van der Waals surface area contributed by atoms with E-state index < -0.39 is 0 Å². The first kappa shape index (κ1) is 22.6. The molecule has 4 rings (SSSR count). The summed E-state index contributed by atoms with van der Waals surface area (Å²) >= 11 is 0. The zero-order valence-electron chi connectivity index (χ0n) is 18.9. The minimum Gasteiger partial charge on any atom is -0.467 e. The summed E-state index contributed by atoms with van der Waals surface area (Å²) < 4.78 is 7.04. The number of carbonyl (C=O) groups is 2. The maximum Gasteiger partial charge on any atom is 0.319 e. The first-order valence-electron chi connectivity index (χ1n) is 10.8. The zero-order chi connectivity index (χ0) is 23.9. The van der Waals surface area contributed by atoms with Crippen molar-refractivity contribution in [1.29, 1.82) is 0 Å². The number of nitrogens with zero attached hydrogens (tertiary/aromatic N) is 2. The minimum atomic E-state index is -0.349. The summed E-state index contributed by atoms with van der Waals surface area (Å²) in [6.07, 6.45) is 4.81. The molecule has 0 saturated heterocycles. The van der Waals surface area contributed by atoms with E-state index >= 15 is 0 Å². The molecular formula is C26H25N5O3. The molecule has 0 radical (unpaired) electrons. The lowest BCUT2D eigenvalue weighted by Crippen LogP contribution is -2.27. The summed E-state index contributed by atoms with van der Waals surface area (Å²) in [4.78, 5) is 24.4. The van der Waals surface area contributed by atoms with E-state index in [1.54, 1.807) is 48.7 Å². The second-order valence-electron chi connectivity index (χ2n) is 7.62.